The van der Waals surface area contributed by atoms with E-state index in [0.29, 0.717) is 0 Å². The lowest BCUT2D eigenvalue weighted by Crippen LogP contribution is -2.19. The van der Waals surface area contributed by atoms with Gasteiger partial charge in [0.25, 0.3) is 0 Å². The van der Waals surface area contributed by atoms with Crippen molar-refractivity contribution in [3.8, 4) is 0 Å². The van der Waals surface area contributed by atoms with Crippen LogP contribution in [-0.2, 0) is 6.54 Å². The number of hydrogen-bond acceptors (Lipinski definition) is 2. The first kappa shape index (κ1) is 12.7. The van der Waals surface area contributed by atoms with Crippen molar-refractivity contribution in [3.05, 3.63) is 36.2 Å². The van der Waals surface area contributed by atoms with E-state index >= 15 is 0 Å². The van der Waals surface area contributed by atoms with Gasteiger partial charge in [0.1, 0.15) is 0 Å². The van der Waals surface area contributed by atoms with Gasteiger partial charge in [0.15, 0.2) is 0 Å². The molecule has 1 fully saturated rings. The van der Waals surface area contributed by atoms with Crippen LogP contribution >= 0.6 is 0 Å². The Morgan fingerprint density at radius 1 is 1.21 bits per heavy atom. The van der Waals surface area contributed by atoms with Crippen LogP contribution in [0.25, 0.3) is 5.52 Å². The maximum Gasteiger partial charge on any atom is 0.0706 e. The molecule has 0 bridgehead atoms. The predicted molar refractivity (Wildman–Crippen MR) is 78.1 cm³/mol. The van der Waals surface area contributed by atoms with Crippen molar-refractivity contribution in [2.75, 3.05) is 6.54 Å². The maximum absolute atomic E-state index is 4.36. The molecule has 2 aromatic rings. The van der Waals surface area contributed by atoms with E-state index in [-0.39, 0.29) is 0 Å². The Hall–Kier alpha value is -1.35. The van der Waals surface area contributed by atoms with Crippen molar-refractivity contribution in [3.63, 3.8) is 0 Å². The topological polar surface area (TPSA) is 29.3 Å². The minimum absolute atomic E-state index is 0.931. The summed E-state index contributed by atoms with van der Waals surface area (Å²) in [5, 5.41) is 7.94. The highest BCUT2D eigenvalue weighted by Crippen LogP contribution is 2.25. The highest BCUT2D eigenvalue weighted by Gasteiger charge is 2.12. The van der Waals surface area contributed by atoms with Crippen molar-refractivity contribution < 1.29 is 0 Å². The van der Waals surface area contributed by atoms with Crippen LogP contribution in [0, 0.1) is 5.92 Å². The summed E-state index contributed by atoms with van der Waals surface area (Å²) >= 11 is 0. The molecule has 3 heteroatoms. The van der Waals surface area contributed by atoms with E-state index < -0.39 is 0 Å². The van der Waals surface area contributed by atoms with Crippen LogP contribution in [0.5, 0.6) is 0 Å². The second-order valence-electron chi connectivity index (χ2n) is 5.67. The van der Waals surface area contributed by atoms with Crippen molar-refractivity contribution in [2.24, 2.45) is 5.92 Å². The molecule has 3 nitrogen and oxygen atoms in total. The number of nitrogens with one attached hydrogen (secondary N) is 1. The molecule has 0 amide bonds. The van der Waals surface area contributed by atoms with Gasteiger partial charge in [-0.1, -0.05) is 38.2 Å². The van der Waals surface area contributed by atoms with Crippen LogP contribution in [0.3, 0.4) is 0 Å². The number of rotatable bonds is 5. The van der Waals surface area contributed by atoms with Crippen molar-refractivity contribution in [2.45, 2.75) is 45.1 Å². The number of aromatic nitrogens is 2. The molecule has 19 heavy (non-hydrogen) atoms. The van der Waals surface area contributed by atoms with Gasteiger partial charge in [-0.25, -0.2) is 4.52 Å². The molecule has 2 aromatic heterocycles. The predicted octanol–water partition coefficient (Wildman–Crippen LogP) is 3.39. The molecule has 2 heterocycles. The summed E-state index contributed by atoms with van der Waals surface area (Å²) in [6, 6.07) is 6.22. The van der Waals surface area contributed by atoms with Gasteiger partial charge in [-0.15, -0.1) is 0 Å². The van der Waals surface area contributed by atoms with Crippen LogP contribution in [0.1, 0.15) is 44.1 Å². The van der Waals surface area contributed by atoms with E-state index in [1.807, 2.05) is 23.0 Å². The van der Waals surface area contributed by atoms with Crippen LogP contribution in [0.15, 0.2) is 30.6 Å². The van der Waals surface area contributed by atoms with Gasteiger partial charge >= 0.3 is 0 Å². The second-order valence-corrected chi connectivity index (χ2v) is 5.67. The molecule has 3 rings (SSSR count). The first-order valence-corrected chi connectivity index (χ1v) is 7.55. The molecule has 0 aliphatic heterocycles. The van der Waals surface area contributed by atoms with E-state index in [4.69, 9.17) is 0 Å². The summed E-state index contributed by atoms with van der Waals surface area (Å²) in [7, 11) is 0. The third-order valence-electron chi connectivity index (χ3n) is 4.28. The van der Waals surface area contributed by atoms with Crippen molar-refractivity contribution >= 4 is 5.52 Å². The highest BCUT2D eigenvalue weighted by molar-refractivity contribution is 5.53. The molecule has 0 spiro atoms. The fourth-order valence-corrected chi connectivity index (χ4v) is 3.13. The fourth-order valence-electron chi connectivity index (χ4n) is 3.13. The van der Waals surface area contributed by atoms with Crippen LogP contribution in [0.2, 0.25) is 0 Å². The lowest BCUT2D eigenvalue weighted by Gasteiger charge is -2.21. The van der Waals surface area contributed by atoms with Gasteiger partial charge in [0.05, 0.1) is 11.7 Å². The lowest BCUT2D eigenvalue weighted by molar-refractivity contribution is 0.334. The summed E-state index contributed by atoms with van der Waals surface area (Å²) in [5.74, 6) is 0.963. The van der Waals surface area contributed by atoms with E-state index in [2.05, 4.69) is 22.5 Å². The van der Waals surface area contributed by atoms with Gasteiger partial charge in [-0.05, 0) is 31.0 Å². The molecule has 1 aliphatic carbocycles. The summed E-state index contributed by atoms with van der Waals surface area (Å²) in [4.78, 5) is 0. The highest BCUT2D eigenvalue weighted by atomic mass is 15.2. The zero-order valence-corrected chi connectivity index (χ0v) is 11.5. The molecule has 0 atom stereocenters. The minimum Gasteiger partial charge on any atom is -0.313 e. The Morgan fingerprint density at radius 3 is 3.00 bits per heavy atom. The molecular weight excluding hydrogens is 234 g/mol. The third-order valence-corrected chi connectivity index (χ3v) is 4.28. The number of pyridine rings is 1. The summed E-state index contributed by atoms with van der Waals surface area (Å²) in [6.45, 7) is 2.06. The molecular formula is C16H23N3. The molecule has 1 saturated carbocycles. The molecule has 1 N–H and O–H groups in total. The Labute approximate surface area is 115 Å². The van der Waals surface area contributed by atoms with E-state index in [1.165, 1.54) is 49.6 Å². The fraction of sp³-hybridized carbons (Fsp3) is 0.562. The van der Waals surface area contributed by atoms with Crippen molar-refractivity contribution in [1.29, 1.82) is 0 Å². The largest absolute Gasteiger partial charge is 0.313 e. The summed E-state index contributed by atoms with van der Waals surface area (Å²) in [6.07, 6.45) is 12.5. The molecule has 0 radical (unpaired) electrons. The van der Waals surface area contributed by atoms with Gasteiger partial charge < -0.3 is 5.32 Å². The molecule has 0 unspecified atom stereocenters. The minimum atomic E-state index is 0.931. The van der Waals surface area contributed by atoms with Crippen LogP contribution in [-0.4, -0.2) is 16.2 Å². The van der Waals surface area contributed by atoms with Crippen LogP contribution in [0.4, 0.5) is 0 Å². The summed E-state index contributed by atoms with van der Waals surface area (Å²) in [5.41, 5.74) is 2.51. The number of nitrogens with zero attached hydrogens (tertiary/aromatic N) is 2. The number of hydrogen-bond donors (Lipinski definition) is 1. The zero-order valence-electron chi connectivity index (χ0n) is 11.5. The average Bonchev–Trinajstić information content (AvgIpc) is 2.88. The van der Waals surface area contributed by atoms with Gasteiger partial charge in [-0.3, -0.25) is 0 Å². The molecule has 0 aromatic carbocycles. The average molecular weight is 257 g/mol. The molecule has 102 valence electrons. The van der Waals surface area contributed by atoms with E-state index in [0.717, 1.165) is 19.0 Å². The molecule has 1 aliphatic rings. The SMILES string of the molecule is c1ccn2ncc(CNCCC3CCCCC3)c2c1. The quantitative estimate of drug-likeness (QED) is 0.832. The second kappa shape index (κ2) is 6.20. The first-order chi connectivity index (χ1) is 9.43. The normalized spacial score (nSPS) is 17.1. The molecule has 0 saturated heterocycles. The monoisotopic (exact) mass is 257 g/mol. The lowest BCUT2D eigenvalue weighted by atomic mass is 9.87. The maximum atomic E-state index is 4.36. The standard InChI is InChI=1S/C16H23N3/c1-2-6-14(7-3-1)9-10-17-12-15-13-18-19-11-5-4-8-16(15)19/h4-5,8,11,13-14,17H,1-3,6-7,9-10,12H2. The Bertz CT molecular complexity index is 511. The first-order valence-electron chi connectivity index (χ1n) is 7.55. The van der Waals surface area contributed by atoms with E-state index in [1.54, 1.807) is 0 Å². The van der Waals surface area contributed by atoms with Gasteiger partial charge in [-0.2, -0.15) is 5.10 Å². The number of fused-ring (bicyclic) bond motifs is 1. The Morgan fingerprint density at radius 2 is 2.11 bits per heavy atom. The zero-order chi connectivity index (χ0) is 12.9. The van der Waals surface area contributed by atoms with Crippen molar-refractivity contribution in [1.82, 2.24) is 14.9 Å². The van der Waals surface area contributed by atoms with Gasteiger partial charge in [0, 0.05) is 18.3 Å². The smallest absolute Gasteiger partial charge is 0.0706 e. The van der Waals surface area contributed by atoms with Crippen LogP contribution < -0.4 is 5.32 Å². The van der Waals surface area contributed by atoms with Gasteiger partial charge in [0.2, 0.25) is 0 Å². The Kier molecular flexibility index (Phi) is 4.13. The third kappa shape index (κ3) is 3.16. The van der Waals surface area contributed by atoms with E-state index in [9.17, 15) is 0 Å². The summed E-state index contributed by atoms with van der Waals surface area (Å²) < 4.78 is 1.94. The Balaban J connectivity index is 1.47.